The molecule has 0 radical (unpaired) electrons. The summed E-state index contributed by atoms with van der Waals surface area (Å²) >= 11 is 0. The van der Waals surface area contributed by atoms with Gasteiger partial charge in [-0.1, -0.05) is 12.8 Å². The average molecular weight is 289 g/mol. The summed E-state index contributed by atoms with van der Waals surface area (Å²) in [7, 11) is 0. The summed E-state index contributed by atoms with van der Waals surface area (Å²) in [6.07, 6.45) is 7.98. The first-order chi connectivity index (χ1) is 10.3. The standard InChI is InChI=1S/C17H27N3O/c1-13-10-17(20(18-13)15-4-2-3-5-15)14-6-8-19(9-7-14)16-11-21-12-16/h10,14-16H,2-9,11-12H2,1H3. The maximum absolute atomic E-state index is 5.33. The molecule has 1 aromatic rings. The summed E-state index contributed by atoms with van der Waals surface area (Å²) in [5, 5.41) is 4.83. The molecule has 1 aromatic heterocycles. The number of piperidine rings is 1. The number of hydrogen-bond acceptors (Lipinski definition) is 3. The zero-order valence-corrected chi connectivity index (χ0v) is 13.1. The Labute approximate surface area is 127 Å². The molecule has 3 fully saturated rings. The van der Waals surface area contributed by atoms with Crippen LogP contribution in [-0.2, 0) is 4.74 Å². The molecule has 0 aromatic carbocycles. The summed E-state index contributed by atoms with van der Waals surface area (Å²) in [5.74, 6) is 0.712. The van der Waals surface area contributed by atoms with Crippen LogP contribution in [0.25, 0.3) is 0 Å². The second-order valence-corrected chi connectivity index (χ2v) is 7.09. The van der Waals surface area contributed by atoms with Crippen LogP contribution in [-0.4, -0.2) is 47.0 Å². The van der Waals surface area contributed by atoms with Gasteiger partial charge in [0.05, 0.1) is 31.0 Å². The van der Waals surface area contributed by atoms with E-state index < -0.39 is 0 Å². The lowest BCUT2D eigenvalue weighted by Gasteiger charge is -2.41. The maximum Gasteiger partial charge on any atom is 0.0645 e. The van der Waals surface area contributed by atoms with E-state index in [0.29, 0.717) is 18.0 Å². The molecule has 116 valence electrons. The third-order valence-electron chi connectivity index (χ3n) is 5.64. The van der Waals surface area contributed by atoms with Crippen molar-refractivity contribution in [3.63, 3.8) is 0 Å². The fourth-order valence-corrected chi connectivity index (χ4v) is 4.28. The molecular weight excluding hydrogens is 262 g/mol. The fraction of sp³-hybridized carbons (Fsp3) is 0.824. The van der Waals surface area contributed by atoms with E-state index in [4.69, 9.17) is 9.84 Å². The zero-order valence-electron chi connectivity index (χ0n) is 13.1. The van der Waals surface area contributed by atoms with Gasteiger partial charge < -0.3 is 4.74 Å². The third kappa shape index (κ3) is 2.64. The van der Waals surface area contributed by atoms with Crippen molar-refractivity contribution in [1.82, 2.24) is 14.7 Å². The van der Waals surface area contributed by atoms with Crippen LogP contribution in [0, 0.1) is 6.92 Å². The molecule has 3 heterocycles. The van der Waals surface area contributed by atoms with Gasteiger partial charge in [-0.05, 0) is 51.8 Å². The van der Waals surface area contributed by atoms with Gasteiger partial charge in [-0.2, -0.15) is 5.10 Å². The predicted molar refractivity (Wildman–Crippen MR) is 82.6 cm³/mol. The minimum absolute atomic E-state index is 0.673. The summed E-state index contributed by atoms with van der Waals surface area (Å²) in [6.45, 7) is 6.50. The van der Waals surface area contributed by atoms with Gasteiger partial charge in [-0.25, -0.2) is 0 Å². The largest absolute Gasteiger partial charge is 0.378 e. The Balaban J connectivity index is 1.46. The lowest BCUT2D eigenvalue weighted by atomic mass is 9.91. The molecule has 4 rings (SSSR count). The van der Waals surface area contributed by atoms with Gasteiger partial charge in [0.15, 0.2) is 0 Å². The predicted octanol–water partition coefficient (Wildman–Crippen LogP) is 2.88. The number of aromatic nitrogens is 2. The highest BCUT2D eigenvalue weighted by Gasteiger charge is 2.32. The van der Waals surface area contributed by atoms with Crippen LogP contribution in [0.3, 0.4) is 0 Å². The Bertz CT molecular complexity index is 480. The number of likely N-dealkylation sites (tertiary alicyclic amines) is 1. The van der Waals surface area contributed by atoms with Gasteiger partial charge in [0.1, 0.15) is 0 Å². The van der Waals surface area contributed by atoms with Gasteiger partial charge in [0.25, 0.3) is 0 Å². The van der Waals surface area contributed by atoms with Crippen molar-refractivity contribution >= 4 is 0 Å². The van der Waals surface area contributed by atoms with Crippen molar-refractivity contribution in [2.24, 2.45) is 0 Å². The van der Waals surface area contributed by atoms with Gasteiger partial charge in [-0.15, -0.1) is 0 Å². The first-order valence-electron chi connectivity index (χ1n) is 8.69. The normalized spacial score (nSPS) is 26.3. The lowest BCUT2D eigenvalue weighted by molar-refractivity contribution is -0.0714. The van der Waals surface area contributed by atoms with Crippen LogP contribution in [0.1, 0.15) is 61.9 Å². The molecular formula is C17H27N3O. The molecule has 0 amide bonds. The Morgan fingerprint density at radius 3 is 2.38 bits per heavy atom. The third-order valence-corrected chi connectivity index (χ3v) is 5.64. The van der Waals surface area contributed by atoms with Crippen LogP contribution in [0.2, 0.25) is 0 Å². The van der Waals surface area contributed by atoms with Crippen molar-refractivity contribution < 1.29 is 4.74 Å². The number of ether oxygens (including phenoxy) is 1. The SMILES string of the molecule is Cc1cc(C2CCN(C3COC3)CC2)n(C2CCCC2)n1. The average Bonchev–Trinajstić information content (AvgIpc) is 3.06. The van der Waals surface area contributed by atoms with Crippen LogP contribution in [0.15, 0.2) is 6.07 Å². The summed E-state index contributed by atoms with van der Waals surface area (Å²) in [6, 6.07) is 3.73. The van der Waals surface area contributed by atoms with E-state index in [-0.39, 0.29) is 0 Å². The van der Waals surface area contributed by atoms with E-state index in [1.165, 1.54) is 63.0 Å². The van der Waals surface area contributed by atoms with Gasteiger partial charge >= 0.3 is 0 Å². The van der Waals surface area contributed by atoms with Crippen LogP contribution >= 0.6 is 0 Å². The highest BCUT2D eigenvalue weighted by Crippen LogP contribution is 2.36. The summed E-state index contributed by atoms with van der Waals surface area (Å²) in [4.78, 5) is 2.63. The molecule has 3 aliphatic rings. The maximum atomic E-state index is 5.33. The van der Waals surface area contributed by atoms with Crippen molar-refractivity contribution in [2.45, 2.75) is 63.5 Å². The highest BCUT2D eigenvalue weighted by molar-refractivity contribution is 5.16. The second kappa shape index (κ2) is 5.73. The van der Waals surface area contributed by atoms with Crippen molar-refractivity contribution in [1.29, 1.82) is 0 Å². The molecule has 0 N–H and O–H groups in total. The van der Waals surface area contributed by atoms with Gasteiger partial charge in [-0.3, -0.25) is 9.58 Å². The molecule has 2 saturated heterocycles. The molecule has 21 heavy (non-hydrogen) atoms. The highest BCUT2D eigenvalue weighted by atomic mass is 16.5. The van der Waals surface area contributed by atoms with E-state index in [1.807, 2.05) is 0 Å². The smallest absolute Gasteiger partial charge is 0.0645 e. The molecule has 0 spiro atoms. The molecule has 4 nitrogen and oxygen atoms in total. The lowest BCUT2D eigenvalue weighted by Crippen LogP contribution is -2.51. The van der Waals surface area contributed by atoms with E-state index in [2.05, 4.69) is 22.6 Å². The summed E-state index contributed by atoms with van der Waals surface area (Å²) < 4.78 is 7.73. The number of hydrogen-bond donors (Lipinski definition) is 0. The van der Waals surface area contributed by atoms with E-state index in [0.717, 1.165) is 13.2 Å². The van der Waals surface area contributed by atoms with Crippen molar-refractivity contribution in [3.8, 4) is 0 Å². The van der Waals surface area contributed by atoms with Crippen LogP contribution in [0.5, 0.6) is 0 Å². The van der Waals surface area contributed by atoms with Crippen LogP contribution in [0.4, 0.5) is 0 Å². The Kier molecular flexibility index (Phi) is 3.76. The minimum Gasteiger partial charge on any atom is -0.378 e. The quantitative estimate of drug-likeness (QED) is 0.857. The van der Waals surface area contributed by atoms with Gasteiger partial charge in [0, 0.05) is 11.6 Å². The molecule has 0 bridgehead atoms. The zero-order chi connectivity index (χ0) is 14.2. The molecule has 1 saturated carbocycles. The molecule has 0 atom stereocenters. The minimum atomic E-state index is 0.673. The Hall–Kier alpha value is -0.870. The topological polar surface area (TPSA) is 30.3 Å². The molecule has 1 aliphatic carbocycles. The molecule has 2 aliphatic heterocycles. The van der Waals surface area contributed by atoms with Gasteiger partial charge in [0.2, 0.25) is 0 Å². The van der Waals surface area contributed by atoms with Crippen molar-refractivity contribution in [3.05, 3.63) is 17.5 Å². The Morgan fingerprint density at radius 1 is 1.05 bits per heavy atom. The van der Waals surface area contributed by atoms with Crippen LogP contribution < -0.4 is 0 Å². The second-order valence-electron chi connectivity index (χ2n) is 7.09. The number of rotatable bonds is 3. The number of aryl methyl sites for hydroxylation is 1. The fourth-order valence-electron chi connectivity index (χ4n) is 4.28. The molecule has 0 unspecified atom stereocenters. The first kappa shape index (κ1) is 13.8. The monoisotopic (exact) mass is 289 g/mol. The molecule has 4 heteroatoms. The Morgan fingerprint density at radius 2 is 1.76 bits per heavy atom. The van der Waals surface area contributed by atoms with E-state index in [1.54, 1.807) is 0 Å². The number of nitrogens with zero attached hydrogens (tertiary/aromatic N) is 3. The van der Waals surface area contributed by atoms with Crippen molar-refractivity contribution in [2.75, 3.05) is 26.3 Å². The van der Waals surface area contributed by atoms with E-state index in [9.17, 15) is 0 Å². The summed E-state index contributed by atoms with van der Waals surface area (Å²) in [5.41, 5.74) is 2.72. The van der Waals surface area contributed by atoms with E-state index >= 15 is 0 Å². The first-order valence-corrected chi connectivity index (χ1v) is 8.69.